The molecule has 0 unspecified atom stereocenters. The van der Waals surface area contributed by atoms with Crippen molar-refractivity contribution in [3.8, 4) is 0 Å². The predicted molar refractivity (Wildman–Crippen MR) is 45.9 cm³/mol. The molecule has 7 heteroatoms. The Morgan fingerprint density at radius 3 is 0.750 bits per heavy atom. The zero-order valence-electron chi connectivity index (χ0n) is 9.45. The molecule has 0 heterocycles. The molecule has 6 nitrogen and oxygen atoms in total. The van der Waals surface area contributed by atoms with Gasteiger partial charge in [-0.05, 0) is 19.3 Å². The van der Waals surface area contributed by atoms with Crippen molar-refractivity contribution in [2.45, 2.75) is 40.0 Å². The van der Waals surface area contributed by atoms with Crippen LogP contribution in [-0.2, 0) is 31.5 Å². The van der Waals surface area contributed by atoms with Crippen molar-refractivity contribution in [3.63, 3.8) is 0 Å². The van der Waals surface area contributed by atoms with Gasteiger partial charge in [0.25, 0.3) is 0 Å². The Labute approximate surface area is 105 Å². The smallest absolute Gasteiger partial charge is 0.550 e. The molecule has 0 atom stereocenters. The van der Waals surface area contributed by atoms with E-state index < -0.39 is 17.9 Å². The van der Waals surface area contributed by atoms with E-state index in [2.05, 4.69) is 0 Å². The zero-order chi connectivity index (χ0) is 12.9. The summed E-state index contributed by atoms with van der Waals surface area (Å²) in [5.74, 6) is -2.99. The van der Waals surface area contributed by atoms with E-state index in [4.69, 9.17) is 0 Å². The number of carbonyl (C=O) groups is 3. The largest absolute Gasteiger partial charge is 3.00 e. The second-order valence-corrected chi connectivity index (χ2v) is 2.18. The fraction of sp³-hybridized carbons (Fsp3) is 0.667. The molecule has 0 N–H and O–H groups in total. The van der Waals surface area contributed by atoms with E-state index >= 15 is 0 Å². The minimum atomic E-state index is -0.995. The van der Waals surface area contributed by atoms with Gasteiger partial charge >= 0.3 is 17.1 Å². The number of hydrogen-bond acceptors (Lipinski definition) is 6. The van der Waals surface area contributed by atoms with Crippen LogP contribution in [0.2, 0.25) is 0 Å². The molecule has 0 spiro atoms. The molecule has 0 aromatic heterocycles. The van der Waals surface area contributed by atoms with Gasteiger partial charge in [0.1, 0.15) is 0 Å². The molecule has 16 heavy (non-hydrogen) atoms. The molecule has 0 rings (SSSR count). The molecule has 0 aromatic rings. The molecular weight excluding hydrogens is 259 g/mol. The van der Waals surface area contributed by atoms with Crippen molar-refractivity contribution in [1.82, 2.24) is 0 Å². The van der Waals surface area contributed by atoms with Crippen molar-refractivity contribution in [1.29, 1.82) is 0 Å². The predicted octanol–water partition coefficient (Wildman–Crippen LogP) is -2.56. The van der Waals surface area contributed by atoms with Gasteiger partial charge < -0.3 is 29.7 Å². The van der Waals surface area contributed by atoms with Gasteiger partial charge in [-0.25, -0.2) is 0 Å². The number of aliphatic carboxylic acids is 3. The first-order chi connectivity index (χ1) is 6.81. The standard InChI is InChI=1S/3C3H6O2.Mn/c3*1-2-3(4)5;/h3*2H2,1H3,(H,4,5);/q;;;+3/p-3. The summed E-state index contributed by atoms with van der Waals surface area (Å²) in [6.45, 7) is 4.61. The summed E-state index contributed by atoms with van der Waals surface area (Å²) in [4.78, 5) is 27.8. The third-order valence-electron chi connectivity index (χ3n) is 0.866. The Morgan fingerprint density at radius 2 is 0.750 bits per heavy atom. The van der Waals surface area contributed by atoms with Gasteiger partial charge in [-0.1, -0.05) is 20.8 Å². The summed E-state index contributed by atoms with van der Waals surface area (Å²) in [6.07, 6.45) is 0.333. The molecule has 0 radical (unpaired) electrons. The third-order valence-corrected chi connectivity index (χ3v) is 0.866. The second-order valence-electron chi connectivity index (χ2n) is 2.18. The first-order valence-electron chi connectivity index (χ1n) is 4.41. The van der Waals surface area contributed by atoms with Crippen molar-refractivity contribution in [3.05, 3.63) is 0 Å². The quantitative estimate of drug-likeness (QED) is 0.522. The molecule has 0 saturated carbocycles. The van der Waals surface area contributed by atoms with Crippen LogP contribution in [0, 0.1) is 0 Å². The summed E-state index contributed by atoms with van der Waals surface area (Å²) in [7, 11) is 0. The number of rotatable bonds is 3. The minimum absolute atomic E-state index is 0. The maximum Gasteiger partial charge on any atom is 3.00 e. The van der Waals surface area contributed by atoms with Crippen LogP contribution in [-0.4, -0.2) is 17.9 Å². The summed E-state index contributed by atoms with van der Waals surface area (Å²) >= 11 is 0. The van der Waals surface area contributed by atoms with Crippen molar-refractivity contribution in [2.24, 2.45) is 0 Å². The normalized spacial score (nSPS) is 6.94. The van der Waals surface area contributed by atoms with Crippen LogP contribution in [0.25, 0.3) is 0 Å². The van der Waals surface area contributed by atoms with Crippen LogP contribution in [0.15, 0.2) is 0 Å². The first-order valence-corrected chi connectivity index (χ1v) is 4.41. The maximum atomic E-state index is 9.26. The molecular formula is C9H15MnO6. The van der Waals surface area contributed by atoms with Crippen LogP contribution in [0.4, 0.5) is 0 Å². The number of carbonyl (C=O) groups excluding carboxylic acids is 3. The molecule has 0 aromatic carbocycles. The van der Waals surface area contributed by atoms with Gasteiger partial charge in [0.05, 0.1) is 0 Å². The minimum Gasteiger partial charge on any atom is -0.550 e. The van der Waals surface area contributed by atoms with E-state index in [9.17, 15) is 29.7 Å². The van der Waals surface area contributed by atoms with Crippen LogP contribution < -0.4 is 15.3 Å². The molecule has 0 amide bonds. The summed E-state index contributed by atoms with van der Waals surface area (Å²) in [5, 5.41) is 27.8. The maximum absolute atomic E-state index is 9.26. The van der Waals surface area contributed by atoms with Gasteiger partial charge in [-0.3, -0.25) is 0 Å². The molecule has 0 aliphatic rings. The van der Waals surface area contributed by atoms with E-state index in [0.717, 1.165) is 0 Å². The van der Waals surface area contributed by atoms with Crippen molar-refractivity contribution in [2.75, 3.05) is 0 Å². The summed E-state index contributed by atoms with van der Waals surface area (Å²) in [6, 6.07) is 0. The van der Waals surface area contributed by atoms with Crippen LogP contribution in [0.5, 0.6) is 0 Å². The molecule has 0 fully saturated rings. The fourth-order valence-corrected chi connectivity index (χ4v) is 0. The van der Waals surface area contributed by atoms with E-state index in [1.54, 1.807) is 0 Å². The zero-order valence-corrected chi connectivity index (χ0v) is 10.6. The van der Waals surface area contributed by atoms with Crippen molar-refractivity contribution >= 4 is 17.9 Å². The van der Waals surface area contributed by atoms with Gasteiger partial charge in [0.2, 0.25) is 0 Å². The molecule has 0 saturated heterocycles. The molecule has 0 aliphatic heterocycles. The first kappa shape index (κ1) is 24.3. The van der Waals surface area contributed by atoms with E-state index in [0.29, 0.717) is 0 Å². The average molecular weight is 274 g/mol. The topological polar surface area (TPSA) is 120 Å². The number of carboxylic acid groups (broad SMARTS) is 3. The Morgan fingerprint density at radius 1 is 0.688 bits per heavy atom. The van der Waals surface area contributed by atoms with E-state index in [-0.39, 0.29) is 36.3 Å². The van der Waals surface area contributed by atoms with Gasteiger partial charge in [0, 0.05) is 17.9 Å². The Kier molecular flexibility index (Phi) is 29.5. The number of carboxylic acids is 3. The van der Waals surface area contributed by atoms with Gasteiger partial charge in [-0.15, -0.1) is 0 Å². The van der Waals surface area contributed by atoms with Crippen LogP contribution in [0.1, 0.15) is 40.0 Å². The van der Waals surface area contributed by atoms with E-state index in [1.165, 1.54) is 20.8 Å². The molecule has 94 valence electrons. The van der Waals surface area contributed by atoms with Crippen LogP contribution in [0.3, 0.4) is 0 Å². The SMILES string of the molecule is CCC(=O)[O-].CCC(=O)[O-].CCC(=O)[O-].[Mn+3]. The van der Waals surface area contributed by atoms with E-state index in [1.807, 2.05) is 0 Å². The third kappa shape index (κ3) is 75.7. The average Bonchev–Trinajstić information content (AvgIpc) is 2.19. The van der Waals surface area contributed by atoms with Gasteiger partial charge in [0.15, 0.2) is 0 Å². The Bertz CT molecular complexity index is 159. The summed E-state index contributed by atoms with van der Waals surface area (Å²) in [5.41, 5.74) is 0. The van der Waals surface area contributed by atoms with Crippen LogP contribution >= 0.6 is 0 Å². The molecule has 0 bridgehead atoms. The Hall–Kier alpha value is -1.07. The Balaban J connectivity index is -0.0000000655. The monoisotopic (exact) mass is 274 g/mol. The van der Waals surface area contributed by atoms with Gasteiger partial charge in [-0.2, -0.15) is 0 Å². The second kappa shape index (κ2) is 19.5. The number of hydrogen-bond donors (Lipinski definition) is 0. The van der Waals surface area contributed by atoms with Crippen molar-refractivity contribution < 1.29 is 46.8 Å². The fourth-order valence-electron chi connectivity index (χ4n) is 0. The summed E-state index contributed by atoms with van der Waals surface area (Å²) < 4.78 is 0. The molecule has 0 aliphatic carbocycles.